The maximum atomic E-state index is 12.2. The summed E-state index contributed by atoms with van der Waals surface area (Å²) in [6, 6.07) is 7.95. The molecule has 45 heavy (non-hydrogen) atoms. The first-order valence-corrected chi connectivity index (χ1v) is 15.1. The Morgan fingerprint density at radius 2 is 1.33 bits per heavy atom. The number of allylic oxidation sites excluding steroid dienone is 5. The van der Waals surface area contributed by atoms with Gasteiger partial charge in [0.15, 0.2) is 0 Å². The third-order valence-electron chi connectivity index (χ3n) is 8.87. The molecule has 2 aliphatic rings. The number of esters is 2. The lowest BCUT2D eigenvalue weighted by Gasteiger charge is -2.05. The fraction of sp³-hybridized carbons (Fsp3) is 0.333. The number of carbonyl (C=O) groups is 2. The fourth-order valence-corrected chi connectivity index (χ4v) is 6.24. The van der Waals surface area contributed by atoms with Crippen molar-refractivity contribution in [1.82, 2.24) is 19.9 Å². The lowest BCUT2D eigenvalue weighted by atomic mass is 10.00. The zero-order valence-corrected chi connectivity index (χ0v) is 27.0. The molecule has 3 N–H and O–H groups in total. The van der Waals surface area contributed by atoms with Crippen LogP contribution in [0.4, 0.5) is 0 Å². The molecule has 0 aliphatic carbocycles. The van der Waals surface area contributed by atoms with E-state index in [0.717, 1.165) is 89.4 Å². The summed E-state index contributed by atoms with van der Waals surface area (Å²) in [5, 5.41) is 10.8. The number of nitrogens with one attached hydrogen (secondary N) is 2. The first kappa shape index (κ1) is 31.7. The highest BCUT2D eigenvalue weighted by atomic mass is 16.5. The van der Waals surface area contributed by atoms with Crippen molar-refractivity contribution in [1.29, 1.82) is 0 Å². The molecule has 0 spiro atoms. The van der Waals surface area contributed by atoms with E-state index in [2.05, 4.69) is 16.5 Å². The number of methoxy groups -OCH3 is 2. The standard InChI is InChI=1S/C36H40N4O5/c1-9-23-18(2)28-16-33-36(22(6)41)21(5)29(40-33)14-26-19(3)24(10-12-34(42)44-7)31(38-26)17-32-25(11-13-35(43)45-8)20(4)27(39-32)15-30(23)37-28/h9,14-17,22,39-41H,1,10-13H2,2-8H3. The predicted octanol–water partition coefficient (Wildman–Crippen LogP) is 7.09. The van der Waals surface area contributed by atoms with Crippen LogP contribution >= 0.6 is 0 Å². The Morgan fingerprint density at radius 3 is 1.98 bits per heavy atom. The number of aliphatic hydroxyl groups excluding tert-OH is 1. The van der Waals surface area contributed by atoms with Gasteiger partial charge in [-0.15, -0.1) is 0 Å². The predicted molar refractivity (Wildman–Crippen MR) is 178 cm³/mol. The molecule has 9 heteroatoms. The van der Waals surface area contributed by atoms with Gasteiger partial charge in [0.1, 0.15) is 0 Å². The van der Waals surface area contributed by atoms with Crippen molar-refractivity contribution < 1.29 is 24.2 Å². The van der Waals surface area contributed by atoms with Gasteiger partial charge >= 0.3 is 11.9 Å². The normalized spacial score (nSPS) is 13.7. The zero-order valence-electron chi connectivity index (χ0n) is 27.0. The molecule has 234 valence electrons. The molecule has 5 heterocycles. The highest BCUT2D eigenvalue weighted by Gasteiger charge is 2.22. The van der Waals surface area contributed by atoms with E-state index in [1.165, 1.54) is 14.2 Å². The second kappa shape index (κ2) is 12.7. The van der Waals surface area contributed by atoms with Gasteiger partial charge in [-0.3, -0.25) is 9.59 Å². The smallest absolute Gasteiger partial charge is 0.305 e. The Labute approximate surface area is 262 Å². The van der Waals surface area contributed by atoms with Crippen LogP contribution < -0.4 is 0 Å². The summed E-state index contributed by atoms with van der Waals surface area (Å²) in [7, 11) is 2.78. The number of aryl methyl sites for hydroxylation is 3. The summed E-state index contributed by atoms with van der Waals surface area (Å²) < 4.78 is 9.88. The molecule has 9 nitrogen and oxygen atoms in total. The van der Waals surface area contributed by atoms with Crippen molar-refractivity contribution in [2.24, 2.45) is 0 Å². The Morgan fingerprint density at radius 1 is 0.800 bits per heavy atom. The lowest BCUT2D eigenvalue weighted by molar-refractivity contribution is -0.141. The van der Waals surface area contributed by atoms with Gasteiger partial charge in [0.25, 0.3) is 0 Å². The largest absolute Gasteiger partial charge is 0.469 e. The van der Waals surface area contributed by atoms with E-state index in [4.69, 9.17) is 19.4 Å². The van der Waals surface area contributed by atoms with E-state index in [9.17, 15) is 14.7 Å². The van der Waals surface area contributed by atoms with Gasteiger partial charge in [0.2, 0.25) is 0 Å². The van der Waals surface area contributed by atoms with E-state index in [1.807, 2.05) is 58.0 Å². The van der Waals surface area contributed by atoms with Crippen LogP contribution in [0.3, 0.4) is 0 Å². The van der Waals surface area contributed by atoms with E-state index >= 15 is 0 Å². The van der Waals surface area contributed by atoms with E-state index in [0.29, 0.717) is 12.8 Å². The van der Waals surface area contributed by atoms with Crippen LogP contribution in [0.1, 0.15) is 91.2 Å². The monoisotopic (exact) mass is 608 g/mol. The lowest BCUT2D eigenvalue weighted by Crippen LogP contribution is -2.02. The summed E-state index contributed by atoms with van der Waals surface area (Å²) in [4.78, 5) is 41.5. The van der Waals surface area contributed by atoms with Gasteiger partial charge in [0.05, 0.1) is 43.1 Å². The maximum absolute atomic E-state index is 12.2. The van der Waals surface area contributed by atoms with E-state index in [1.54, 1.807) is 6.92 Å². The Hall–Kier alpha value is -4.76. The topological polar surface area (TPSA) is 130 Å². The number of aliphatic hydroxyl groups is 1. The van der Waals surface area contributed by atoms with Gasteiger partial charge in [-0.1, -0.05) is 12.7 Å². The summed E-state index contributed by atoms with van der Waals surface area (Å²) in [5.41, 5.74) is 13.7. The Bertz CT molecular complexity index is 1950. The SMILES string of the molecule is C=CC1=C(C)c2cc3[nH]c(cc4nc(cc5[nH]c(cc1n2)c(C)c5CCC(=O)OC)C(CCC(=O)OC)=C4C)c(C)c3C(C)O. The van der Waals surface area contributed by atoms with Crippen LogP contribution in [0.5, 0.6) is 0 Å². The third-order valence-corrected chi connectivity index (χ3v) is 8.87. The first-order chi connectivity index (χ1) is 21.5. The number of ether oxygens (including phenoxy) is 2. The molecule has 3 aromatic rings. The van der Waals surface area contributed by atoms with Crippen molar-refractivity contribution >= 4 is 56.3 Å². The number of hydrogen-bond donors (Lipinski definition) is 3. The Kier molecular flexibility index (Phi) is 8.93. The van der Waals surface area contributed by atoms with Gasteiger partial charge < -0.3 is 24.5 Å². The van der Waals surface area contributed by atoms with Crippen molar-refractivity contribution in [2.45, 2.75) is 66.4 Å². The van der Waals surface area contributed by atoms with Crippen molar-refractivity contribution in [2.75, 3.05) is 14.2 Å². The quantitative estimate of drug-likeness (QED) is 0.233. The number of nitrogens with zero attached hydrogens (tertiary/aromatic N) is 2. The Balaban J connectivity index is 1.91. The molecule has 1 unspecified atom stereocenters. The molecule has 2 aliphatic heterocycles. The molecule has 0 fully saturated rings. The van der Waals surface area contributed by atoms with Gasteiger partial charge in [-0.25, -0.2) is 9.97 Å². The molecule has 5 rings (SSSR count). The van der Waals surface area contributed by atoms with Crippen LogP contribution in [0.15, 0.2) is 36.9 Å². The molecule has 0 saturated heterocycles. The van der Waals surface area contributed by atoms with Crippen LogP contribution in [0, 0.1) is 13.8 Å². The minimum Gasteiger partial charge on any atom is -0.469 e. The molecule has 0 saturated carbocycles. The number of rotatable bonds is 8. The average molecular weight is 609 g/mol. The number of hydrogen-bond acceptors (Lipinski definition) is 7. The summed E-state index contributed by atoms with van der Waals surface area (Å²) in [5.74, 6) is -0.587. The number of fused-ring (bicyclic) bond motifs is 8. The van der Waals surface area contributed by atoms with Crippen LogP contribution in [-0.2, 0) is 25.5 Å². The van der Waals surface area contributed by atoms with Crippen LogP contribution in [-0.4, -0.2) is 51.2 Å². The van der Waals surface area contributed by atoms with Gasteiger partial charge in [-0.05, 0) is 105 Å². The molecule has 0 radical (unpaired) electrons. The first-order valence-electron chi connectivity index (χ1n) is 15.1. The minimum atomic E-state index is -0.715. The van der Waals surface area contributed by atoms with E-state index < -0.39 is 6.10 Å². The molecule has 0 amide bonds. The van der Waals surface area contributed by atoms with Crippen molar-refractivity contribution in [3.8, 4) is 0 Å². The average Bonchev–Trinajstić information content (AvgIpc) is 3.67. The summed E-state index contributed by atoms with van der Waals surface area (Å²) >= 11 is 0. The fourth-order valence-electron chi connectivity index (χ4n) is 6.24. The number of carbonyl (C=O) groups excluding carboxylic acids is 2. The summed E-state index contributed by atoms with van der Waals surface area (Å²) in [6.45, 7) is 13.8. The van der Waals surface area contributed by atoms with Crippen molar-refractivity contribution in [3.05, 3.63) is 81.9 Å². The van der Waals surface area contributed by atoms with Gasteiger partial charge in [-0.2, -0.15) is 0 Å². The molecular formula is C36H40N4O5. The van der Waals surface area contributed by atoms with Crippen LogP contribution in [0.2, 0.25) is 0 Å². The highest BCUT2D eigenvalue weighted by Crippen LogP contribution is 2.37. The molecular weight excluding hydrogens is 568 g/mol. The van der Waals surface area contributed by atoms with Crippen molar-refractivity contribution in [3.63, 3.8) is 0 Å². The molecule has 0 aromatic carbocycles. The summed E-state index contributed by atoms with van der Waals surface area (Å²) in [6.07, 6.45) is 2.45. The molecule has 1 atom stereocenters. The number of aromatic nitrogens is 4. The second-order valence-corrected chi connectivity index (χ2v) is 11.6. The highest BCUT2D eigenvalue weighted by molar-refractivity contribution is 5.98. The molecule has 8 bridgehead atoms. The van der Waals surface area contributed by atoms with Crippen LogP contribution in [0.25, 0.3) is 44.4 Å². The van der Waals surface area contributed by atoms with E-state index in [-0.39, 0.29) is 24.8 Å². The maximum Gasteiger partial charge on any atom is 0.305 e. The second-order valence-electron chi connectivity index (χ2n) is 11.6. The zero-order chi connectivity index (χ0) is 32.6. The number of H-pyrrole nitrogens is 2. The number of aromatic amines is 2. The minimum absolute atomic E-state index is 0.211. The van der Waals surface area contributed by atoms with Gasteiger partial charge in [0, 0.05) is 46.0 Å². The third kappa shape index (κ3) is 6.00. The molecule has 3 aromatic heterocycles.